The highest BCUT2D eigenvalue weighted by molar-refractivity contribution is 9.10. The van der Waals surface area contributed by atoms with Gasteiger partial charge in [-0.1, -0.05) is 12.1 Å². The Morgan fingerprint density at radius 3 is 2.37 bits per heavy atom. The minimum absolute atomic E-state index is 0.939. The molecule has 0 N–H and O–H groups in total. The largest absolute Gasteiger partial charge is 0.378 e. The normalized spacial score (nSPS) is 10.9. The molecule has 98 valence electrons. The Morgan fingerprint density at radius 2 is 1.79 bits per heavy atom. The van der Waals surface area contributed by atoms with Crippen molar-refractivity contribution in [3.63, 3.8) is 0 Å². The maximum absolute atomic E-state index is 4.48. The molecule has 0 amide bonds. The lowest BCUT2D eigenvalue weighted by molar-refractivity contribution is -0.695. The predicted octanol–water partition coefficient (Wildman–Crippen LogP) is 2.99. The Bertz CT molecular complexity index is 569. The fourth-order valence-electron chi connectivity index (χ4n) is 1.71. The van der Waals surface area contributed by atoms with E-state index in [-0.39, 0.29) is 0 Å². The Labute approximate surface area is 122 Å². The lowest BCUT2D eigenvalue weighted by atomic mass is 10.2. The summed E-state index contributed by atoms with van der Waals surface area (Å²) < 4.78 is 2.80. The van der Waals surface area contributed by atoms with E-state index in [1.807, 2.05) is 50.1 Å². The van der Waals surface area contributed by atoms with Crippen LogP contribution in [0.1, 0.15) is 11.3 Å². The molecule has 0 spiro atoms. The first-order valence-electron chi connectivity index (χ1n) is 6.07. The highest BCUT2D eigenvalue weighted by Crippen LogP contribution is 2.11. The summed E-state index contributed by atoms with van der Waals surface area (Å²) in [6.45, 7) is 2.03. The lowest BCUT2D eigenvalue weighted by Gasteiger charge is -2.11. The molecule has 19 heavy (non-hydrogen) atoms. The molecule has 0 aliphatic rings. The van der Waals surface area contributed by atoms with Gasteiger partial charge in [0.25, 0.3) is 4.60 Å². The quantitative estimate of drug-likeness (QED) is 0.484. The molecule has 0 atom stereocenters. The number of benzene rings is 1. The van der Waals surface area contributed by atoms with E-state index in [1.54, 1.807) is 0 Å². The van der Waals surface area contributed by atoms with E-state index in [0.29, 0.717) is 0 Å². The summed E-state index contributed by atoms with van der Waals surface area (Å²) in [6.07, 6.45) is 1.86. The van der Waals surface area contributed by atoms with Crippen molar-refractivity contribution in [1.82, 2.24) is 0 Å². The van der Waals surface area contributed by atoms with E-state index < -0.39 is 0 Å². The zero-order chi connectivity index (χ0) is 13.8. The summed E-state index contributed by atoms with van der Waals surface area (Å²) in [7, 11) is 4.06. The molecule has 4 heteroatoms. The predicted molar refractivity (Wildman–Crippen MR) is 82.8 cm³/mol. The Hall–Kier alpha value is -1.68. The van der Waals surface area contributed by atoms with Crippen LogP contribution >= 0.6 is 15.9 Å². The first-order valence-corrected chi connectivity index (χ1v) is 6.86. The van der Waals surface area contributed by atoms with Gasteiger partial charge in [-0.3, -0.25) is 0 Å². The van der Waals surface area contributed by atoms with Crippen molar-refractivity contribution in [3.05, 3.63) is 58.3 Å². The summed E-state index contributed by atoms with van der Waals surface area (Å²) in [5.74, 6) is 0. The molecule has 0 unspecified atom stereocenters. The van der Waals surface area contributed by atoms with Crippen LogP contribution < -0.4 is 9.58 Å². The van der Waals surface area contributed by atoms with Crippen molar-refractivity contribution >= 4 is 27.8 Å². The van der Waals surface area contributed by atoms with E-state index in [9.17, 15) is 0 Å². The standard InChI is InChI=1S/C15H17BrN3/c1-12-5-4-6-15(16)19(12)17-11-13-7-9-14(10-8-13)18(2)3/h4-11H,1-3H3/q+1/b17-11+. The number of pyridine rings is 1. The summed E-state index contributed by atoms with van der Waals surface area (Å²) in [4.78, 5) is 2.08. The van der Waals surface area contributed by atoms with Crippen molar-refractivity contribution in [1.29, 1.82) is 0 Å². The van der Waals surface area contributed by atoms with Gasteiger partial charge in [-0.25, -0.2) is 0 Å². The monoisotopic (exact) mass is 318 g/mol. The Kier molecular flexibility index (Phi) is 4.32. The van der Waals surface area contributed by atoms with Crippen molar-refractivity contribution in [2.45, 2.75) is 6.92 Å². The Balaban J connectivity index is 2.23. The maximum Gasteiger partial charge on any atom is 0.280 e. The van der Waals surface area contributed by atoms with Crippen molar-refractivity contribution in [2.75, 3.05) is 19.0 Å². The third-order valence-electron chi connectivity index (χ3n) is 2.84. The second kappa shape index (κ2) is 5.97. The zero-order valence-corrected chi connectivity index (χ0v) is 12.9. The van der Waals surface area contributed by atoms with Gasteiger partial charge < -0.3 is 4.90 Å². The molecule has 1 aromatic heterocycles. The number of nitrogens with zero attached hydrogens (tertiary/aromatic N) is 3. The van der Waals surface area contributed by atoms with Crippen LogP contribution in [0, 0.1) is 6.92 Å². The molecule has 3 nitrogen and oxygen atoms in total. The second-order valence-electron chi connectivity index (χ2n) is 4.53. The molecule has 2 aromatic rings. The third-order valence-corrected chi connectivity index (χ3v) is 3.44. The number of anilines is 1. The molecule has 0 saturated carbocycles. The topological polar surface area (TPSA) is 19.5 Å². The number of aromatic nitrogens is 1. The van der Waals surface area contributed by atoms with Crippen LogP contribution in [0.4, 0.5) is 5.69 Å². The molecule has 0 aliphatic carbocycles. The van der Waals surface area contributed by atoms with Gasteiger partial charge in [0, 0.05) is 54.8 Å². The van der Waals surface area contributed by atoms with Crippen molar-refractivity contribution in [3.8, 4) is 0 Å². The fourth-order valence-corrected chi connectivity index (χ4v) is 2.23. The number of hydrogen-bond donors (Lipinski definition) is 0. The van der Waals surface area contributed by atoms with Gasteiger partial charge in [0.2, 0.25) is 5.69 Å². The second-order valence-corrected chi connectivity index (χ2v) is 5.34. The highest BCUT2D eigenvalue weighted by atomic mass is 79.9. The van der Waals surface area contributed by atoms with Crippen LogP contribution in [0.3, 0.4) is 0 Å². The summed E-state index contributed by atoms with van der Waals surface area (Å²) >= 11 is 3.49. The molecular weight excluding hydrogens is 302 g/mol. The molecule has 0 radical (unpaired) electrons. The average Bonchev–Trinajstić information content (AvgIpc) is 2.38. The van der Waals surface area contributed by atoms with Crippen LogP contribution in [0.15, 0.2) is 52.2 Å². The molecular formula is C15H17BrN3+. The number of rotatable bonds is 3. The summed E-state index contributed by atoms with van der Waals surface area (Å²) in [5, 5.41) is 4.48. The molecule has 0 saturated heterocycles. The van der Waals surface area contributed by atoms with Gasteiger partial charge in [0.05, 0.1) is 0 Å². The van der Waals surface area contributed by atoms with Gasteiger partial charge in [-0.15, -0.1) is 0 Å². The zero-order valence-electron chi connectivity index (χ0n) is 11.3. The highest BCUT2D eigenvalue weighted by Gasteiger charge is 2.09. The van der Waals surface area contributed by atoms with E-state index in [2.05, 4.69) is 50.2 Å². The third kappa shape index (κ3) is 3.41. The SMILES string of the molecule is Cc1cccc(Br)[n+]1/N=C/c1ccc(N(C)C)cc1. The van der Waals surface area contributed by atoms with Gasteiger partial charge in [0.15, 0.2) is 0 Å². The van der Waals surface area contributed by atoms with Crippen LogP contribution in [0.5, 0.6) is 0 Å². The average molecular weight is 319 g/mol. The summed E-state index contributed by atoms with van der Waals surface area (Å²) in [6, 6.07) is 14.3. The van der Waals surface area contributed by atoms with Crippen LogP contribution in [0.2, 0.25) is 0 Å². The van der Waals surface area contributed by atoms with Crippen molar-refractivity contribution in [2.24, 2.45) is 5.10 Å². The van der Waals surface area contributed by atoms with Gasteiger partial charge in [-0.05, 0) is 33.5 Å². The molecule has 0 bridgehead atoms. The van der Waals surface area contributed by atoms with Gasteiger partial charge >= 0.3 is 0 Å². The van der Waals surface area contributed by atoms with Crippen molar-refractivity contribution < 1.29 is 4.68 Å². The first-order chi connectivity index (χ1) is 9.08. The fraction of sp³-hybridized carbons (Fsp3) is 0.200. The molecule has 0 fully saturated rings. The van der Waals surface area contributed by atoms with Crippen LogP contribution in [0.25, 0.3) is 0 Å². The van der Waals surface area contributed by atoms with E-state index in [0.717, 1.165) is 15.9 Å². The number of halogens is 1. The minimum atomic E-state index is 0.939. The van der Waals surface area contributed by atoms with Gasteiger partial charge in [0.1, 0.15) is 6.21 Å². The van der Waals surface area contributed by atoms with Gasteiger partial charge in [-0.2, -0.15) is 0 Å². The van der Waals surface area contributed by atoms with E-state index in [1.165, 1.54) is 5.69 Å². The first kappa shape index (κ1) is 13.7. The molecule has 1 heterocycles. The number of hydrogen-bond acceptors (Lipinski definition) is 2. The van der Waals surface area contributed by atoms with E-state index in [4.69, 9.17) is 0 Å². The molecule has 0 aliphatic heterocycles. The molecule has 2 rings (SSSR count). The summed E-state index contributed by atoms with van der Waals surface area (Å²) in [5.41, 5.74) is 3.34. The maximum atomic E-state index is 4.48. The Morgan fingerprint density at radius 1 is 1.11 bits per heavy atom. The molecule has 1 aromatic carbocycles. The smallest absolute Gasteiger partial charge is 0.280 e. The number of aryl methyl sites for hydroxylation is 1. The van der Waals surface area contributed by atoms with Crippen LogP contribution in [-0.2, 0) is 0 Å². The lowest BCUT2D eigenvalue weighted by Crippen LogP contribution is -2.33. The van der Waals surface area contributed by atoms with Crippen LogP contribution in [-0.4, -0.2) is 20.3 Å². The van der Waals surface area contributed by atoms with E-state index >= 15 is 0 Å². The minimum Gasteiger partial charge on any atom is -0.378 e.